The third kappa shape index (κ3) is 3.05. The molecule has 0 amide bonds. The fourth-order valence-corrected chi connectivity index (χ4v) is 5.69. The van der Waals surface area contributed by atoms with E-state index in [4.69, 9.17) is 0 Å². The Bertz CT molecular complexity index is 633. The zero-order valence-electron chi connectivity index (χ0n) is 13.1. The molecule has 0 aliphatic carbocycles. The first kappa shape index (κ1) is 15.9. The summed E-state index contributed by atoms with van der Waals surface area (Å²) in [7, 11) is -3.40. The van der Waals surface area contributed by atoms with E-state index in [-0.39, 0.29) is 23.7 Å². The number of fused-ring (bicyclic) bond motifs is 2. The lowest BCUT2D eigenvalue weighted by atomic mass is 10.2. The summed E-state index contributed by atoms with van der Waals surface area (Å²) in [6.07, 6.45) is 1.85. The van der Waals surface area contributed by atoms with Gasteiger partial charge < -0.3 is 0 Å². The van der Waals surface area contributed by atoms with Crippen molar-refractivity contribution >= 4 is 10.0 Å². The van der Waals surface area contributed by atoms with Gasteiger partial charge in [0.25, 0.3) is 0 Å². The standard InChI is InChI=1S/C16H23FN2O2S/c1-12(2)18-9-15-6-7-16(10-18)19(15)22(20,21)11-13-4-3-5-14(17)8-13/h3-5,8,12,15-16H,6-7,9-11H2,1-2H3. The zero-order valence-corrected chi connectivity index (χ0v) is 13.9. The third-order valence-corrected chi connectivity index (χ3v) is 6.67. The molecule has 1 aromatic carbocycles. The molecule has 0 spiro atoms. The Morgan fingerprint density at radius 2 is 1.86 bits per heavy atom. The van der Waals surface area contributed by atoms with Crippen molar-refractivity contribution in [1.29, 1.82) is 0 Å². The van der Waals surface area contributed by atoms with Gasteiger partial charge in [-0.15, -0.1) is 0 Å². The van der Waals surface area contributed by atoms with Crippen LogP contribution in [0.1, 0.15) is 32.3 Å². The maximum absolute atomic E-state index is 13.3. The molecule has 4 nitrogen and oxygen atoms in total. The molecular weight excluding hydrogens is 303 g/mol. The predicted molar refractivity (Wildman–Crippen MR) is 84.4 cm³/mol. The van der Waals surface area contributed by atoms with Gasteiger partial charge in [-0.05, 0) is 44.4 Å². The first-order valence-corrected chi connectivity index (χ1v) is 9.47. The van der Waals surface area contributed by atoms with Crippen LogP contribution >= 0.6 is 0 Å². The van der Waals surface area contributed by atoms with Crippen LogP contribution in [0.3, 0.4) is 0 Å². The summed E-state index contributed by atoms with van der Waals surface area (Å²) in [5, 5.41) is 0. The number of halogens is 1. The van der Waals surface area contributed by atoms with E-state index in [1.54, 1.807) is 16.4 Å². The van der Waals surface area contributed by atoms with Crippen LogP contribution in [0.4, 0.5) is 4.39 Å². The van der Waals surface area contributed by atoms with Gasteiger partial charge in [-0.25, -0.2) is 12.8 Å². The fraction of sp³-hybridized carbons (Fsp3) is 0.625. The lowest BCUT2D eigenvalue weighted by Gasteiger charge is -2.41. The maximum Gasteiger partial charge on any atom is 0.218 e. The van der Waals surface area contributed by atoms with Crippen molar-refractivity contribution in [3.8, 4) is 0 Å². The molecule has 1 aromatic rings. The number of hydrogen-bond donors (Lipinski definition) is 0. The minimum absolute atomic E-state index is 0.0692. The highest BCUT2D eigenvalue weighted by atomic mass is 32.2. The Morgan fingerprint density at radius 1 is 1.23 bits per heavy atom. The molecule has 2 unspecified atom stereocenters. The molecule has 2 atom stereocenters. The molecule has 2 bridgehead atoms. The lowest BCUT2D eigenvalue weighted by molar-refractivity contribution is 0.103. The van der Waals surface area contributed by atoms with Gasteiger partial charge in [0.05, 0.1) is 5.75 Å². The highest BCUT2D eigenvalue weighted by molar-refractivity contribution is 7.88. The second kappa shape index (κ2) is 5.91. The van der Waals surface area contributed by atoms with Gasteiger partial charge in [0.15, 0.2) is 0 Å². The van der Waals surface area contributed by atoms with E-state index < -0.39 is 10.0 Å². The number of hydrogen-bond acceptors (Lipinski definition) is 3. The summed E-state index contributed by atoms with van der Waals surface area (Å²) in [6.45, 7) is 5.90. The molecular formula is C16H23FN2O2S. The molecule has 0 saturated carbocycles. The molecule has 2 saturated heterocycles. The van der Waals surface area contributed by atoms with Crippen molar-refractivity contribution in [3.05, 3.63) is 35.6 Å². The molecule has 0 radical (unpaired) electrons. The number of nitrogens with zero attached hydrogens (tertiary/aromatic N) is 2. The van der Waals surface area contributed by atoms with Crippen LogP contribution in [-0.4, -0.2) is 48.8 Å². The summed E-state index contributed by atoms with van der Waals surface area (Å²) < 4.78 is 40.6. The van der Waals surface area contributed by atoms with Crippen molar-refractivity contribution in [2.45, 2.75) is 50.6 Å². The molecule has 0 aromatic heterocycles. The fourth-order valence-electron chi connectivity index (χ4n) is 3.68. The monoisotopic (exact) mass is 326 g/mol. The third-order valence-electron chi connectivity index (χ3n) is 4.73. The normalized spacial score (nSPS) is 26.7. The van der Waals surface area contributed by atoms with E-state index in [1.165, 1.54) is 12.1 Å². The van der Waals surface area contributed by atoms with E-state index in [9.17, 15) is 12.8 Å². The molecule has 6 heteroatoms. The van der Waals surface area contributed by atoms with E-state index in [2.05, 4.69) is 18.7 Å². The number of likely N-dealkylation sites (tertiary alicyclic amines) is 1. The quantitative estimate of drug-likeness (QED) is 0.852. The zero-order chi connectivity index (χ0) is 15.9. The van der Waals surface area contributed by atoms with Gasteiger partial charge in [-0.1, -0.05) is 12.1 Å². The molecule has 2 aliphatic heterocycles. The SMILES string of the molecule is CC(C)N1CC2CCC(C1)N2S(=O)(=O)Cc1cccc(F)c1. The van der Waals surface area contributed by atoms with Gasteiger partial charge in [0.1, 0.15) is 5.82 Å². The average Bonchev–Trinajstić information content (AvgIpc) is 2.70. The molecule has 3 rings (SSSR count). The van der Waals surface area contributed by atoms with E-state index in [1.807, 2.05) is 0 Å². The average molecular weight is 326 g/mol. The Balaban J connectivity index is 1.79. The first-order valence-electron chi connectivity index (χ1n) is 7.86. The van der Waals surface area contributed by atoms with Crippen LogP contribution in [0, 0.1) is 5.82 Å². The first-order chi connectivity index (χ1) is 10.4. The maximum atomic E-state index is 13.3. The number of benzene rings is 1. The summed E-state index contributed by atoms with van der Waals surface area (Å²) >= 11 is 0. The van der Waals surface area contributed by atoms with Crippen LogP contribution in [-0.2, 0) is 15.8 Å². The predicted octanol–water partition coefficient (Wildman–Crippen LogP) is 2.21. The molecule has 0 N–H and O–H groups in total. The summed E-state index contributed by atoms with van der Waals surface area (Å²) in [4.78, 5) is 2.36. The smallest absolute Gasteiger partial charge is 0.218 e. The lowest BCUT2D eigenvalue weighted by Crippen LogP contribution is -2.57. The van der Waals surface area contributed by atoms with E-state index in [0.717, 1.165) is 25.9 Å². The van der Waals surface area contributed by atoms with E-state index in [0.29, 0.717) is 11.6 Å². The van der Waals surface area contributed by atoms with Crippen LogP contribution < -0.4 is 0 Å². The molecule has 2 aliphatic rings. The van der Waals surface area contributed by atoms with Gasteiger partial charge in [-0.2, -0.15) is 4.31 Å². The molecule has 22 heavy (non-hydrogen) atoms. The highest BCUT2D eigenvalue weighted by Gasteiger charge is 2.46. The van der Waals surface area contributed by atoms with Gasteiger partial charge >= 0.3 is 0 Å². The Hall–Kier alpha value is -0.980. The highest BCUT2D eigenvalue weighted by Crippen LogP contribution is 2.34. The van der Waals surface area contributed by atoms with Crippen LogP contribution in [0.5, 0.6) is 0 Å². The Labute approximate surface area is 132 Å². The van der Waals surface area contributed by atoms with Gasteiger partial charge in [0.2, 0.25) is 10.0 Å². The molecule has 122 valence electrons. The Morgan fingerprint density at radius 3 is 2.41 bits per heavy atom. The summed E-state index contributed by atoms with van der Waals surface area (Å²) in [5.74, 6) is -0.500. The van der Waals surface area contributed by atoms with Crippen LogP contribution in [0.25, 0.3) is 0 Å². The van der Waals surface area contributed by atoms with Crippen molar-refractivity contribution in [1.82, 2.24) is 9.21 Å². The second-order valence-electron chi connectivity index (χ2n) is 6.65. The van der Waals surface area contributed by atoms with Crippen molar-refractivity contribution in [3.63, 3.8) is 0 Å². The van der Waals surface area contributed by atoms with Crippen molar-refractivity contribution < 1.29 is 12.8 Å². The number of piperazine rings is 1. The largest absolute Gasteiger partial charge is 0.298 e. The van der Waals surface area contributed by atoms with Crippen LogP contribution in [0.15, 0.2) is 24.3 Å². The minimum Gasteiger partial charge on any atom is -0.298 e. The van der Waals surface area contributed by atoms with Crippen molar-refractivity contribution in [2.75, 3.05) is 13.1 Å². The number of rotatable bonds is 4. The Kier molecular flexibility index (Phi) is 4.27. The van der Waals surface area contributed by atoms with Gasteiger partial charge in [0, 0.05) is 31.2 Å². The van der Waals surface area contributed by atoms with Crippen LogP contribution in [0.2, 0.25) is 0 Å². The molecule has 2 fully saturated rings. The summed E-state index contributed by atoms with van der Waals surface area (Å²) in [5.41, 5.74) is 0.519. The van der Waals surface area contributed by atoms with Crippen molar-refractivity contribution in [2.24, 2.45) is 0 Å². The summed E-state index contributed by atoms with van der Waals surface area (Å²) in [6, 6.07) is 6.46. The second-order valence-corrected chi connectivity index (χ2v) is 8.52. The minimum atomic E-state index is -3.40. The molecule has 2 heterocycles. The topological polar surface area (TPSA) is 40.6 Å². The number of sulfonamides is 1. The van der Waals surface area contributed by atoms with E-state index >= 15 is 0 Å². The van der Waals surface area contributed by atoms with Gasteiger partial charge in [-0.3, -0.25) is 4.90 Å².